The molecule has 1 saturated heterocycles. The second-order valence-electron chi connectivity index (χ2n) is 5.23. The van der Waals surface area contributed by atoms with E-state index in [-0.39, 0.29) is 5.69 Å². The van der Waals surface area contributed by atoms with Crippen LogP contribution in [0.4, 0.5) is 20.4 Å². The van der Waals surface area contributed by atoms with E-state index < -0.39 is 11.6 Å². The molecule has 0 atom stereocenters. The van der Waals surface area contributed by atoms with Gasteiger partial charge in [-0.3, -0.25) is 0 Å². The third-order valence-electron chi connectivity index (χ3n) is 3.63. The average molecular weight is 414 g/mol. The lowest BCUT2D eigenvalue weighted by Gasteiger charge is -2.36. The Balaban J connectivity index is 1.58. The molecule has 1 aliphatic rings. The molecule has 9 heteroatoms. The summed E-state index contributed by atoms with van der Waals surface area (Å²) >= 11 is 8.63. The van der Waals surface area contributed by atoms with E-state index in [1.54, 1.807) is 12.4 Å². The summed E-state index contributed by atoms with van der Waals surface area (Å²) < 4.78 is 27.5. The molecule has 126 valence electrons. The number of anilines is 2. The van der Waals surface area contributed by atoms with Gasteiger partial charge in [-0.2, -0.15) is 0 Å². The monoisotopic (exact) mass is 413 g/mol. The molecule has 2 aromatic rings. The molecule has 0 spiro atoms. The Bertz CT molecular complexity index is 735. The van der Waals surface area contributed by atoms with Crippen LogP contribution >= 0.6 is 28.1 Å². The van der Waals surface area contributed by atoms with Crippen LogP contribution < -0.4 is 10.2 Å². The van der Waals surface area contributed by atoms with Gasteiger partial charge in [0.2, 0.25) is 5.95 Å². The van der Waals surface area contributed by atoms with Gasteiger partial charge in [-0.05, 0) is 40.3 Å². The minimum Gasteiger partial charge on any atom is -0.345 e. The lowest BCUT2D eigenvalue weighted by Crippen LogP contribution is -2.50. The largest absolute Gasteiger partial charge is 0.345 e. The molecule has 0 radical (unpaired) electrons. The second kappa shape index (κ2) is 7.35. The van der Waals surface area contributed by atoms with E-state index in [9.17, 15) is 8.78 Å². The van der Waals surface area contributed by atoms with E-state index in [0.717, 1.165) is 10.5 Å². The number of hydrogen-bond acceptors (Lipinski definition) is 4. The van der Waals surface area contributed by atoms with E-state index in [1.165, 1.54) is 12.1 Å². The first-order chi connectivity index (χ1) is 11.5. The maximum atomic E-state index is 13.7. The zero-order chi connectivity index (χ0) is 17.1. The van der Waals surface area contributed by atoms with Crippen molar-refractivity contribution in [3.05, 3.63) is 46.7 Å². The van der Waals surface area contributed by atoms with Gasteiger partial charge in [-0.15, -0.1) is 0 Å². The molecule has 0 aliphatic carbocycles. The fourth-order valence-corrected chi connectivity index (χ4v) is 2.86. The molecule has 2 heterocycles. The molecule has 1 fully saturated rings. The summed E-state index contributed by atoms with van der Waals surface area (Å²) in [5, 5.41) is 3.24. The van der Waals surface area contributed by atoms with Crippen molar-refractivity contribution in [1.82, 2.24) is 14.9 Å². The molecule has 1 N–H and O–H groups in total. The molecule has 0 saturated carbocycles. The summed E-state index contributed by atoms with van der Waals surface area (Å²) in [5.41, 5.74) is 0.167. The van der Waals surface area contributed by atoms with Crippen molar-refractivity contribution in [2.45, 2.75) is 0 Å². The Hall–Kier alpha value is -1.87. The van der Waals surface area contributed by atoms with Crippen LogP contribution in [0.1, 0.15) is 0 Å². The van der Waals surface area contributed by atoms with Gasteiger partial charge < -0.3 is 15.1 Å². The van der Waals surface area contributed by atoms with Crippen molar-refractivity contribution in [2.24, 2.45) is 0 Å². The normalized spacial score (nSPS) is 14.6. The summed E-state index contributed by atoms with van der Waals surface area (Å²) in [4.78, 5) is 12.5. The van der Waals surface area contributed by atoms with Gasteiger partial charge in [-0.1, -0.05) is 0 Å². The number of nitrogens with zero attached hydrogens (tertiary/aromatic N) is 4. The number of benzene rings is 1. The van der Waals surface area contributed by atoms with Gasteiger partial charge in [0.25, 0.3) is 0 Å². The fraction of sp³-hybridized carbons (Fsp3) is 0.267. The lowest BCUT2D eigenvalue weighted by molar-refractivity contribution is 0.388. The van der Waals surface area contributed by atoms with Crippen LogP contribution in [0.5, 0.6) is 0 Å². The number of nitrogens with one attached hydrogen (secondary N) is 1. The first kappa shape index (κ1) is 17.0. The highest BCUT2D eigenvalue weighted by Crippen LogP contribution is 2.17. The number of thiocarbonyl (C=S) groups is 1. The van der Waals surface area contributed by atoms with Gasteiger partial charge >= 0.3 is 0 Å². The van der Waals surface area contributed by atoms with Gasteiger partial charge in [0.1, 0.15) is 11.6 Å². The second-order valence-corrected chi connectivity index (χ2v) is 6.53. The molecule has 0 unspecified atom stereocenters. The molecule has 1 aromatic heterocycles. The zero-order valence-corrected chi connectivity index (χ0v) is 14.9. The topological polar surface area (TPSA) is 44.3 Å². The third-order valence-corrected chi connectivity index (χ3v) is 4.40. The Morgan fingerprint density at radius 2 is 1.79 bits per heavy atom. The lowest BCUT2D eigenvalue weighted by atomic mass is 10.3. The van der Waals surface area contributed by atoms with Crippen LogP contribution in [0.3, 0.4) is 0 Å². The molecule has 3 rings (SSSR count). The van der Waals surface area contributed by atoms with Crippen LogP contribution in [0.25, 0.3) is 0 Å². The summed E-state index contributed by atoms with van der Waals surface area (Å²) in [6, 6.07) is 3.35. The standard InChI is InChI=1S/C15H14BrF2N5S/c16-10-8-19-14(20-9-10)22-3-5-23(6-4-22)15(24)21-13-2-1-11(17)7-12(13)18/h1-2,7-9H,3-6H2,(H,21,24). The maximum absolute atomic E-state index is 13.7. The van der Waals surface area contributed by atoms with E-state index >= 15 is 0 Å². The third kappa shape index (κ3) is 3.96. The zero-order valence-electron chi connectivity index (χ0n) is 12.5. The van der Waals surface area contributed by atoms with Gasteiger partial charge in [0.15, 0.2) is 5.11 Å². The van der Waals surface area contributed by atoms with Crippen LogP contribution in [0.2, 0.25) is 0 Å². The Morgan fingerprint density at radius 3 is 2.42 bits per heavy atom. The number of halogens is 3. The van der Waals surface area contributed by atoms with Gasteiger partial charge in [-0.25, -0.2) is 18.7 Å². The summed E-state index contributed by atoms with van der Waals surface area (Å²) in [6.45, 7) is 2.73. The summed E-state index contributed by atoms with van der Waals surface area (Å²) in [6.07, 6.45) is 3.41. The number of rotatable bonds is 2. The van der Waals surface area contributed by atoms with Crippen molar-refractivity contribution in [3.63, 3.8) is 0 Å². The van der Waals surface area contributed by atoms with E-state index in [0.29, 0.717) is 37.2 Å². The highest BCUT2D eigenvalue weighted by atomic mass is 79.9. The van der Waals surface area contributed by atoms with Gasteiger partial charge in [0, 0.05) is 44.6 Å². The Labute approximate surface area is 151 Å². The number of piperazine rings is 1. The SMILES string of the molecule is Fc1ccc(NC(=S)N2CCN(c3ncc(Br)cn3)CC2)c(F)c1. The molecule has 0 amide bonds. The first-order valence-corrected chi connectivity index (χ1v) is 8.46. The van der Waals surface area contributed by atoms with Gasteiger partial charge in [0.05, 0.1) is 10.2 Å². The molecular weight excluding hydrogens is 400 g/mol. The molecule has 0 bridgehead atoms. The predicted octanol–water partition coefficient (Wildman–Crippen LogP) is 3.04. The van der Waals surface area contributed by atoms with Crippen LogP contribution in [0, 0.1) is 11.6 Å². The minimum atomic E-state index is -0.667. The van der Waals surface area contributed by atoms with Crippen LogP contribution in [-0.2, 0) is 0 Å². The molecule has 1 aliphatic heterocycles. The summed E-state index contributed by atoms with van der Waals surface area (Å²) in [5.74, 6) is -0.618. The minimum absolute atomic E-state index is 0.167. The Morgan fingerprint density at radius 1 is 1.12 bits per heavy atom. The van der Waals surface area contributed by atoms with Crippen molar-refractivity contribution in [3.8, 4) is 0 Å². The maximum Gasteiger partial charge on any atom is 0.225 e. The average Bonchev–Trinajstić information content (AvgIpc) is 2.58. The highest BCUT2D eigenvalue weighted by molar-refractivity contribution is 9.10. The van der Waals surface area contributed by atoms with Crippen molar-refractivity contribution >= 4 is 44.9 Å². The van der Waals surface area contributed by atoms with E-state index in [1.807, 2.05) is 4.90 Å². The molecule has 24 heavy (non-hydrogen) atoms. The number of hydrogen-bond donors (Lipinski definition) is 1. The smallest absolute Gasteiger partial charge is 0.225 e. The van der Waals surface area contributed by atoms with Crippen LogP contribution in [-0.4, -0.2) is 46.2 Å². The number of aromatic nitrogens is 2. The quantitative estimate of drug-likeness (QED) is 0.763. The van der Waals surface area contributed by atoms with Crippen LogP contribution in [0.15, 0.2) is 35.1 Å². The van der Waals surface area contributed by atoms with E-state index in [2.05, 4.69) is 36.1 Å². The summed E-state index contributed by atoms with van der Waals surface area (Å²) in [7, 11) is 0. The molecular formula is C15H14BrF2N5S. The van der Waals surface area contributed by atoms with Crippen molar-refractivity contribution in [1.29, 1.82) is 0 Å². The first-order valence-electron chi connectivity index (χ1n) is 7.26. The molecule has 5 nitrogen and oxygen atoms in total. The predicted molar refractivity (Wildman–Crippen MR) is 96.1 cm³/mol. The van der Waals surface area contributed by atoms with Crippen molar-refractivity contribution in [2.75, 3.05) is 36.4 Å². The van der Waals surface area contributed by atoms with E-state index in [4.69, 9.17) is 12.2 Å². The molecule has 1 aromatic carbocycles. The Kier molecular flexibility index (Phi) is 5.20. The van der Waals surface area contributed by atoms with Crippen molar-refractivity contribution < 1.29 is 8.78 Å². The fourth-order valence-electron chi connectivity index (χ4n) is 2.36. The highest BCUT2D eigenvalue weighted by Gasteiger charge is 2.21.